The van der Waals surface area contributed by atoms with Crippen molar-refractivity contribution in [1.29, 1.82) is 0 Å². The number of carbonyl (C=O) groups is 1. The molecule has 98 valence electrons. The molecular weight excluding hydrogens is 226 g/mol. The largest absolute Gasteiger partial charge is 0.361 e. The van der Waals surface area contributed by atoms with Crippen molar-refractivity contribution in [3.05, 3.63) is 35.9 Å². The molecule has 0 radical (unpaired) electrons. The van der Waals surface area contributed by atoms with Crippen LogP contribution < -0.4 is 5.32 Å². The van der Waals surface area contributed by atoms with Gasteiger partial charge < -0.3 is 10.1 Å². The lowest BCUT2D eigenvalue weighted by atomic mass is 9.88. The third-order valence-electron chi connectivity index (χ3n) is 3.64. The predicted molar refractivity (Wildman–Crippen MR) is 71.3 cm³/mol. The van der Waals surface area contributed by atoms with E-state index in [1.54, 1.807) is 7.11 Å². The van der Waals surface area contributed by atoms with Gasteiger partial charge in [-0.15, -0.1) is 0 Å². The number of benzene rings is 1. The van der Waals surface area contributed by atoms with Crippen molar-refractivity contribution in [2.45, 2.75) is 38.3 Å². The molecule has 0 bridgehead atoms. The average Bonchev–Trinajstić information content (AvgIpc) is 2.46. The van der Waals surface area contributed by atoms with E-state index in [0.29, 0.717) is 11.5 Å². The standard InChI is InChI=1S/C15H21NO2/c1-18-15(13-10-6-3-7-11-13)16-14(17)12-8-4-2-5-9-12/h2,4-5,8-9,13,15H,3,6-7,10-11H2,1H3,(H,16,17). The molecule has 18 heavy (non-hydrogen) atoms. The molecule has 3 nitrogen and oxygen atoms in total. The Labute approximate surface area is 109 Å². The Morgan fingerprint density at radius 2 is 1.89 bits per heavy atom. The predicted octanol–water partition coefficient (Wildman–Crippen LogP) is 2.97. The van der Waals surface area contributed by atoms with Crippen molar-refractivity contribution in [3.8, 4) is 0 Å². The van der Waals surface area contributed by atoms with Gasteiger partial charge >= 0.3 is 0 Å². The topological polar surface area (TPSA) is 38.3 Å². The van der Waals surface area contributed by atoms with Gasteiger partial charge in [0.1, 0.15) is 6.23 Å². The molecule has 2 rings (SSSR count). The molecule has 1 aromatic carbocycles. The lowest BCUT2D eigenvalue weighted by Gasteiger charge is -2.29. The lowest BCUT2D eigenvalue weighted by molar-refractivity contribution is 0.0122. The second kappa shape index (κ2) is 6.55. The minimum Gasteiger partial charge on any atom is -0.361 e. The van der Waals surface area contributed by atoms with Gasteiger partial charge in [-0.1, -0.05) is 37.5 Å². The summed E-state index contributed by atoms with van der Waals surface area (Å²) in [5.74, 6) is 0.407. The Morgan fingerprint density at radius 1 is 1.22 bits per heavy atom. The van der Waals surface area contributed by atoms with Crippen molar-refractivity contribution in [3.63, 3.8) is 0 Å². The number of hydrogen-bond acceptors (Lipinski definition) is 2. The third-order valence-corrected chi connectivity index (χ3v) is 3.64. The Bertz CT molecular complexity index is 371. The summed E-state index contributed by atoms with van der Waals surface area (Å²) in [4.78, 5) is 12.1. The first-order valence-corrected chi connectivity index (χ1v) is 6.70. The molecule has 0 spiro atoms. The van der Waals surface area contributed by atoms with Crippen molar-refractivity contribution < 1.29 is 9.53 Å². The molecule has 0 heterocycles. The summed E-state index contributed by atoms with van der Waals surface area (Å²) in [5.41, 5.74) is 0.690. The Morgan fingerprint density at radius 3 is 2.50 bits per heavy atom. The molecule has 1 aliphatic rings. The maximum Gasteiger partial charge on any atom is 0.253 e. The summed E-state index contributed by atoms with van der Waals surface area (Å²) in [7, 11) is 1.67. The second-order valence-electron chi connectivity index (χ2n) is 4.89. The summed E-state index contributed by atoms with van der Waals surface area (Å²) in [6.45, 7) is 0. The van der Waals surface area contributed by atoms with Gasteiger partial charge in [0.15, 0.2) is 0 Å². The van der Waals surface area contributed by atoms with Gasteiger partial charge in [0.2, 0.25) is 0 Å². The highest BCUT2D eigenvalue weighted by atomic mass is 16.5. The Hall–Kier alpha value is -1.35. The lowest BCUT2D eigenvalue weighted by Crippen LogP contribution is -2.42. The number of hydrogen-bond donors (Lipinski definition) is 1. The van der Waals surface area contributed by atoms with Crippen LogP contribution in [0.4, 0.5) is 0 Å². The van der Waals surface area contributed by atoms with Crippen molar-refractivity contribution >= 4 is 5.91 Å². The quantitative estimate of drug-likeness (QED) is 0.831. The van der Waals surface area contributed by atoms with Crippen LogP contribution in [0.2, 0.25) is 0 Å². The Kier molecular flexibility index (Phi) is 4.76. The van der Waals surface area contributed by atoms with E-state index in [9.17, 15) is 4.79 Å². The zero-order chi connectivity index (χ0) is 12.8. The van der Waals surface area contributed by atoms with Crippen LogP contribution in [0, 0.1) is 5.92 Å². The number of rotatable bonds is 4. The number of ether oxygens (including phenoxy) is 1. The van der Waals surface area contributed by atoms with Gasteiger partial charge in [0, 0.05) is 18.6 Å². The van der Waals surface area contributed by atoms with Gasteiger partial charge in [-0.05, 0) is 25.0 Å². The van der Waals surface area contributed by atoms with Gasteiger partial charge in [-0.25, -0.2) is 0 Å². The first-order valence-electron chi connectivity index (χ1n) is 6.70. The molecule has 0 aliphatic heterocycles. The zero-order valence-electron chi connectivity index (χ0n) is 10.9. The van der Waals surface area contributed by atoms with Crippen LogP contribution >= 0.6 is 0 Å². The Balaban J connectivity index is 1.95. The molecule has 0 aromatic heterocycles. The summed E-state index contributed by atoms with van der Waals surface area (Å²) in [6.07, 6.45) is 5.93. The van der Waals surface area contributed by atoms with E-state index in [1.807, 2.05) is 30.3 Å². The molecule has 0 saturated heterocycles. The van der Waals surface area contributed by atoms with Crippen LogP contribution in [-0.4, -0.2) is 19.2 Å². The van der Waals surface area contributed by atoms with Crippen LogP contribution in [0.3, 0.4) is 0 Å². The fourth-order valence-electron chi connectivity index (χ4n) is 2.61. The van der Waals surface area contributed by atoms with E-state index in [1.165, 1.54) is 19.3 Å². The van der Waals surface area contributed by atoms with E-state index in [2.05, 4.69) is 5.32 Å². The summed E-state index contributed by atoms with van der Waals surface area (Å²) in [6, 6.07) is 9.30. The zero-order valence-corrected chi connectivity index (χ0v) is 10.9. The van der Waals surface area contributed by atoms with Gasteiger partial charge in [0.05, 0.1) is 0 Å². The molecule has 1 unspecified atom stereocenters. The fourth-order valence-corrected chi connectivity index (χ4v) is 2.61. The van der Waals surface area contributed by atoms with Crippen LogP contribution in [0.5, 0.6) is 0 Å². The highest BCUT2D eigenvalue weighted by molar-refractivity contribution is 5.94. The monoisotopic (exact) mass is 247 g/mol. The van der Waals surface area contributed by atoms with E-state index in [0.717, 1.165) is 12.8 Å². The summed E-state index contributed by atoms with van der Waals surface area (Å²) >= 11 is 0. The molecule has 1 amide bonds. The van der Waals surface area contributed by atoms with Crippen molar-refractivity contribution in [1.82, 2.24) is 5.32 Å². The van der Waals surface area contributed by atoms with Gasteiger partial charge in [-0.3, -0.25) is 4.79 Å². The van der Waals surface area contributed by atoms with Crippen molar-refractivity contribution in [2.75, 3.05) is 7.11 Å². The highest BCUT2D eigenvalue weighted by Gasteiger charge is 2.25. The maximum atomic E-state index is 12.1. The first kappa shape index (κ1) is 13.1. The number of methoxy groups -OCH3 is 1. The summed E-state index contributed by atoms with van der Waals surface area (Å²) < 4.78 is 5.45. The van der Waals surface area contributed by atoms with Gasteiger partial charge in [-0.2, -0.15) is 0 Å². The fraction of sp³-hybridized carbons (Fsp3) is 0.533. The number of carbonyl (C=O) groups excluding carboxylic acids is 1. The molecule has 1 aliphatic carbocycles. The van der Waals surface area contributed by atoms with E-state index in [4.69, 9.17) is 4.74 Å². The number of nitrogens with one attached hydrogen (secondary N) is 1. The van der Waals surface area contributed by atoms with E-state index < -0.39 is 0 Å². The molecular formula is C15H21NO2. The molecule has 3 heteroatoms. The molecule has 1 saturated carbocycles. The molecule has 1 atom stereocenters. The number of amides is 1. The second-order valence-corrected chi connectivity index (χ2v) is 4.89. The van der Waals surface area contributed by atoms with Crippen LogP contribution in [-0.2, 0) is 4.74 Å². The summed E-state index contributed by atoms with van der Waals surface area (Å²) in [5, 5.41) is 2.99. The molecule has 1 aromatic rings. The first-order chi connectivity index (χ1) is 8.81. The molecule has 1 fully saturated rings. The van der Waals surface area contributed by atoms with Crippen LogP contribution in [0.15, 0.2) is 30.3 Å². The van der Waals surface area contributed by atoms with E-state index >= 15 is 0 Å². The highest BCUT2D eigenvalue weighted by Crippen LogP contribution is 2.26. The third kappa shape index (κ3) is 3.33. The minimum atomic E-state index is -0.155. The smallest absolute Gasteiger partial charge is 0.253 e. The van der Waals surface area contributed by atoms with Crippen molar-refractivity contribution in [2.24, 2.45) is 5.92 Å². The minimum absolute atomic E-state index is 0.0481. The molecule has 1 N–H and O–H groups in total. The average molecular weight is 247 g/mol. The van der Waals surface area contributed by atoms with Crippen LogP contribution in [0.1, 0.15) is 42.5 Å². The normalized spacial score (nSPS) is 18.3. The van der Waals surface area contributed by atoms with E-state index in [-0.39, 0.29) is 12.1 Å². The van der Waals surface area contributed by atoms with Crippen LogP contribution in [0.25, 0.3) is 0 Å². The SMILES string of the molecule is COC(NC(=O)c1ccccc1)C1CCCCC1. The maximum absolute atomic E-state index is 12.1. The van der Waals surface area contributed by atoms with Gasteiger partial charge in [0.25, 0.3) is 5.91 Å².